The molecule has 2 aliphatic rings. The van der Waals surface area contributed by atoms with Gasteiger partial charge in [-0.2, -0.15) is 5.26 Å². The summed E-state index contributed by atoms with van der Waals surface area (Å²) >= 11 is 2.89. The molecule has 29 heavy (non-hydrogen) atoms. The fourth-order valence-electron chi connectivity index (χ4n) is 4.34. The van der Waals surface area contributed by atoms with Crippen LogP contribution in [0.25, 0.3) is 0 Å². The molecule has 1 unspecified atom stereocenters. The highest BCUT2D eigenvalue weighted by Crippen LogP contribution is 2.39. The third-order valence-corrected chi connectivity index (χ3v) is 8.00. The van der Waals surface area contributed by atoms with E-state index in [-0.39, 0.29) is 11.7 Å². The van der Waals surface area contributed by atoms with Gasteiger partial charge < -0.3 is 5.32 Å². The van der Waals surface area contributed by atoms with E-state index in [2.05, 4.69) is 33.5 Å². The molecule has 0 saturated heterocycles. The Balaban J connectivity index is 1.29. The van der Waals surface area contributed by atoms with Crippen LogP contribution in [0.4, 0.5) is 5.00 Å². The van der Waals surface area contributed by atoms with Crippen molar-refractivity contribution in [1.82, 2.24) is 15.2 Å². The van der Waals surface area contributed by atoms with Crippen LogP contribution in [0.1, 0.15) is 67.3 Å². The average Bonchev–Trinajstić information content (AvgIpc) is 3.44. The molecule has 1 atom stereocenters. The van der Waals surface area contributed by atoms with Gasteiger partial charge in [-0.05, 0) is 43.1 Å². The molecule has 6 nitrogen and oxygen atoms in total. The Hall–Kier alpha value is -1.85. The van der Waals surface area contributed by atoms with Crippen molar-refractivity contribution in [3.8, 4) is 6.07 Å². The first-order chi connectivity index (χ1) is 14.1. The molecule has 2 aromatic rings. The lowest BCUT2D eigenvalue weighted by Crippen LogP contribution is -2.14. The largest absolute Gasteiger partial charge is 0.316 e. The van der Waals surface area contributed by atoms with E-state index in [1.807, 2.05) is 0 Å². The molecule has 154 valence electrons. The molecule has 0 spiro atoms. The first-order valence-electron chi connectivity index (χ1n) is 10.5. The SMILES string of the molecule is CC1CCc2c(sc(NC(=O)CSc3n[nH]c(CCC4CCCC4)n3)c2C#N)C1. The highest BCUT2D eigenvalue weighted by molar-refractivity contribution is 7.99. The van der Waals surface area contributed by atoms with E-state index in [4.69, 9.17) is 0 Å². The summed E-state index contributed by atoms with van der Waals surface area (Å²) in [4.78, 5) is 18.2. The second kappa shape index (κ2) is 9.31. The molecule has 2 heterocycles. The number of aromatic amines is 1. The summed E-state index contributed by atoms with van der Waals surface area (Å²) in [7, 11) is 0. The third kappa shape index (κ3) is 5.01. The van der Waals surface area contributed by atoms with Crippen molar-refractivity contribution in [2.45, 2.75) is 69.9 Å². The van der Waals surface area contributed by atoms with Crippen LogP contribution in [0, 0.1) is 23.2 Å². The van der Waals surface area contributed by atoms with E-state index < -0.39 is 0 Å². The molecular formula is C21H27N5OS2. The summed E-state index contributed by atoms with van der Waals surface area (Å²) in [6, 6.07) is 2.30. The predicted octanol–water partition coefficient (Wildman–Crippen LogP) is 4.72. The molecule has 0 aliphatic heterocycles. The van der Waals surface area contributed by atoms with Gasteiger partial charge in [0.15, 0.2) is 0 Å². The first kappa shape index (κ1) is 20.4. The van der Waals surface area contributed by atoms with E-state index in [1.54, 1.807) is 11.3 Å². The monoisotopic (exact) mass is 429 g/mol. The lowest BCUT2D eigenvalue weighted by atomic mass is 9.89. The maximum absolute atomic E-state index is 12.4. The number of aromatic nitrogens is 3. The Labute approximate surface area is 179 Å². The molecular weight excluding hydrogens is 402 g/mol. The Morgan fingerprint density at radius 1 is 1.38 bits per heavy atom. The van der Waals surface area contributed by atoms with Crippen LogP contribution in [-0.4, -0.2) is 26.8 Å². The maximum Gasteiger partial charge on any atom is 0.235 e. The topological polar surface area (TPSA) is 94.5 Å². The second-order valence-corrected chi connectivity index (χ2v) is 10.3. The van der Waals surface area contributed by atoms with Gasteiger partial charge >= 0.3 is 0 Å². The number of fused-ring (bicyclic) bond motifs is 1. The van der Waals surface area contributed by atoms with Crippen molar-refractivity contribution in [3.05, 3.63) is 21.8 Å². The Kier molecular flexibility index (Phi) is 6.56. The van der Waals surface area contributed by atoms with E-state index >= 15 is 0 Å². The average molecular weight is 430 g/mol. The minimum atomic E-state index is -0.115. The minimum Gasteiger partial charge on any atom is -0.316 e. The summed E-state index contributed by atoms with van der Waals surface area (Å²) < 4.78 is 0. The van der Waals surface area contributed by atoms with Gasteiger partial charge in [-0.25, -0.2) is 4.98 Å². The first-order valence-corrected chi connectivity index (χ1v) is 12.3. The zero-order valence-corrected chi connectivity index (χ0v) is 18.4. The quantitative estimate of drug-likeness (QED) is 0.621. The number of nitrogens with zero attached hydrogens (tertiary/aromatic N) is 3. The number of amides is 1. The maximum atomic E-state index is 12.4. The van der Waals surface area contributed by atoms with Crippen LogP contribution >= 0.6 is 23.1 Å². The number of carbonyl (C=O) groups excluding carboxylic acids is 1. The standard InChI is InChI=1S/C21H27N5OS2/c1-13-6-8-15-16(11-22)20(29-17(15)10-13)24-19(27)12-28-21-23-18(25-26-21)9-7-14-4-2-3-5-14/h13-14H,2-10,12H2,1H3,(H,24,27)(H,23,25,26). The molecule has 1 fully saturated rings. The molecule has 1 amide bonds. The van der Waals surface area contributed by atoms with Crippen LogP contribution in [-0.2, 0) is 24.1 Å². The molecule has 2 N–H and O–H groups in total. The summed E-state index contributed by atoms with van der Waals surface area (Å²) in [6.45, 7) is 2.24. The number of hydrogen-bond acceptors (Lipinski definition) is 6. The summed E-state index contributed by atoms with van der Waals surface area (Å²) in [5, 5.41) is 21.0. The normalized spacial score (nSPS) is 19.1. The van der Waals surface area contributed by atoms with E-state index in [0.717, 1.165) is 43.0 Å². The number of nitrogens with one attached hydrogen (secondary N) is 2. The molecule has 2 aliphatic carbocycles. The second-order valence-electron chi connectivity index (χ2n) is 8.26. The highest BCUT2D eigenvalue weighted by Gasteiger charge is 2.24. The number of nitriles is 1. The van der Waals surface area contributed by atoms with Crippen molar-refractivity contribution in [2.24, 2.45) is 11.8 Å². The van der Waals surface area contributed by atoms with Crippen LogP contribution in [0.3, 0.4) is 0 Å². The smallest absolute Gasteiger partial charge is 0.235 e. The van der Waals surface area contributed by atoms with Crippen LogP contribution < -0.4 is 5.32 Å². The summed E-state index contributed by atoms with van der Waals surface area (Å²) in [5.74, 6) is 2.50. The zero-order chi connectivity index (χ0) is 20.2. The fourth-order valence-corrected chi connectivity index (χ4v) is 6.34. The minimum absolute atomic E-state index is 0.115. The fraction of sp³-hybridized carbons (Fsp3) is 0.619. The number of carbonyl (C=O) groups is 1. The molecule has 8 heteroatoms. The lowest BCUT2D eigenvalue weighted by molar-refractivity contribution is -0.113. The van der Waals surface area contributed by atoms with Gasteiger partial charge in [0.25, 0.3) is 0 Å². The van der Waals surface area contributed by atoms with E-state index in [9.17, 15) is 10.1 Å². The molecule has 0 aromatic carbocycles. The zero-order valence-electron chi connectivity index (χ0n) is 16.8. The number of H-pyrrole nitrogens is 1. The summed E-state index contributed by atoms with van der Waals surface area (Å²) in [5.41, 5.74) is 1.79. The lowest BCUT2D eigenvalue weighted by Gasteiger charge is -2.17. The number of anilines is 1. The van der Waals surface area contributed by atoms with Crippen LogP contribution in [0.5, 0.6) is 0 Å². The molecule has 1 saturated carbocycles. The Bertz CT molecular complexity index is 907. The number of thioether (sulfide) groups is 1. The van der Waals surface area contributed by atoms with Gasteiger partial charge in [-0.1, -0.05) is 44.4 Å². The van der Waals surface area contributed by atoms with E-state index in [1.165, 1.54) is 48.7 Å². The number of hydrogen-bond donors (Lipinski definition) is 2. The van der Waals surface area contributed by atoms with Crippen molar-refractivity contribution in [3.63, 3.8) is 0 Å². The Morgan fingerprint density at radius 2 is 2.21 bits per heavy atom. The number of thiophene rings is 1. The van der Waals surface area contributed by atoms with Gasteiger partial charge in [0.05, 0.1) is 11.3 Å². The van der Waals surface area contributed by atoms with Gasteiger partial charge in [0.1, 0.15) is 16.9 Å². The number of rotatable bonds is 7. The number of aryl methyl sites for hydroxylation is 1. The van der Waals surface area contributed by atoms with Crippen molar-refractivity contribution in [1.29, 1.82) is 5.26 Å². The van der Waals surface area contributed by atoms with Gasteiger partial charge in [0, 0.05) is 11.3 Å². The van der Waals surface area contributed by atoms with Gasteiger partial charge in [-0.3, -0.25) is 9.89 Å². The van der Waals surface area contributed by atoms with Crippen LogP contribution in [0.15, 0.2) is 5.16 Å². The molecule has 0 bridgehead atoms. The summed E-state index contributed by atoms with van der Waals surface area (Å²) in [6.07, 6.45) is 10.5. The van der Waals surface area contributed by atoms with Crippen molar-refractivity contribution < 1.29 is 4.79 Å². The Morgan fingerprint density at radius 3 is 3.00 bits per heavy atom. The van der Waals surface area contributed by atoms with E-state index in [0.29, 0.717) is 21.6 Å². The van der Waals surface area contributed by atoms with Crippen molar-refractivity contribution >= 4 is 34.0 Å². The van der Waals surface area contributed by atoms with Crippen LogP contribution in [0.2, 0.25) is 0 Å². The third-order valence-electron chi connectivity index (χ3n) is 5.98. The van der Waals surface area contributed by atoms with Gasteiger partial charge in [0.2, 0.25) is 11.1 Å². The molecule has 2 aromatic heterocycles. The molecule has 4 rings (SSSR count). The molecule has 0 radical (unpaired) electrons. The van der Waals surface area contributed by atoms with Gasteiger partial charge in [-0.15, -0.1) is 16.4 Å². The predicted molar refractivity (Wildman–Crippen MR) is 116 cm³/mol. The van der Waals surface area contributed by atoms with Crippen molar-refractivity contribution in [2.75, 3.05) is 11.1 Å². The highest BCUT2D eigenvalue weighted by atomic mass is 32.2.